The van der Waals surface area contributed by atoms with Crippen molar-refractivity contribution in [2.45, 2.75) is 60.0 Å². The van der Waals surface area contributed by atoms with Gasteiger partial charge in [0.05, 0.1) is 13.2 Å². The molecule has 0 aromatic carbocycles. The molecule has 0 bridgehead atoms. The van der Waals surface area contributed by atoms with Gasteiger partial charge in [0.2, 0.25) is 0 Å². The van der Waals surface area contributed by atoms with E-state index < -0.39 is 30.2 Å². The van der Waals surface area contributed by atoms with Gasteiger partial charge >= 0.3 is 35.3 Å². The summed E-state index contributed by atoms with van der Waals surface area (Å²) < 4.78 is 29.0. The van der Waals surface area contributed by atoms with Crippen molar-refractivity contribution in [3.63, 3.8) is 0 Å². The van der Waals surface area contributed by atoms with E-state index in [2.05, 4.69) is 13.8 Å². The third-order valence-electron chi connectivity index (χ3n) is 2.74. The molecule has 0 unspecified atom stereocenters. The summed E-state index contributed by atoms with van der Waals surface area (Å²) in [6.45, 7) is 12.9. The van der Waals surface area contributed by atoms with E-state index in [4.69, 9.17) is 25.2 Å². The molecule has 0 saturated carbocycles. The molecule has 0 aliphatic rings. The average Bonchev–Trinajstić information content (AvgIpc) is 2.39. The molecule has 0 rings (SSSR count). The van der Waals surface area contributed by atoms with Crippen LogP contribution in [0.3, 0.4) is 0 Å². The molecule has 0 amide bonds. The average molecular weight is 358 g/mol. The molecule has 8 heteroatoms. The summed E-state index contributed by atoms with van der Waals surface area (Å²) >= 11 is -3.58. The third kappa shape index (κ3) is 12.4. The Labute approximate surface area is 140 Å². The first-order valence-corrected chi connectivity index (χ1v) is 9.54. The van der Waals surface area contributed by atoms with Crippen LogP contribution in [0.25, 0.3) is 0 Å². The second-order valence-corrected chi connectivity index (χ2v) is 6.62. The van der Waals surface area contributed by atoms with Gasteiger partial charge in [0.1, 0.15) is 0 Å². The van der Waals surface area contributed by atoms with Crippen LogP contribution in [0, 0.1) is 11.8 Å². The van der Waals surface area contributed by atoms with E-state index in [1.54, 1.807) is 0 Å². The molecule has 132 valence electrons. The van der Waals surface area contributed by atoms with Gasteiger partial charge in [0.15, 0.2) is 5.60 Å². The fourth-order valence-electron chi connectivity index (χ4n) is 1.43. The van der Waals surface area contributed by atoms with Crippen molar-refractivity contribution in [3.8, 4) is 0 Å². The molecule has 2 N–H and O–H groups in total. The van der Waals surface area contributed by atoms with E-state index in [1.807, 2.05) is 27.7 Å². The van der Waals surface area contributed by atoms with Crippen LogP contribution < -0.4 is 0 Å². The second kappa shape index (κ2) is 13.3. The molecule has 0 fully saturated rings. The quantitative estimate of drug-likeness (QED) is 0.370. The van der Waals surface area contributed by atoms with Gasteiger partial charge in [0.25, 0.3) is 0 Å². The number of rotatable bonds is 9. The zero-order valence-corrected chi connectivity index (χ0v) is 16.0. The van der Waals surface area contributed by atoms with Crippen molar-refractivity contribution in [3.05, 3.63) is 0 Å². The van der Waals surface area contributed by atoms with Gasteiger partial charge in [-0.2, -0.15) is 4.89 Å². The standard InChI is InChI=1S/C14H28O4.2H2O.O.Ti/c1-7-14(8-2,16-9-11(3)4)13(15)18-17-10-12(5)6;;;;/h11-12H,7-10H2,1-6H3;2*1H2;;/q;;;;+2/p-2. The minimum atomic E-state index is -3.58. The Balaban J connectivity index is 0. The molecule has 0 aromatic rings. The summed E-state index contributed by atoms with van der Waals surface area (Å²) in [6, 6.07) is 0. The van der Waals surface area contributed by atoms with E-state index in [1.165, 1.54) is 0 Å². The zero-order chi connectivity index (χ0) is 17.8. The maximum absolute atomic E-state index is 12.0. The summed E-state index contributed by atoms with van der Waals surface area (Å²) in [6.07, 6.45) is 1.17. The number of ether oxygens (including phenoxy) is 1. The van der Waals surface area contributed by atoms with Gasteiger partial charge in [-0.1, -0.05) is 41.5 Å². The van der Waals surface area contributed by atoms with Gasteiger partial charge in [-0.3, -0.25) is 4.89 Å². The first-order chi connectivity index (χ1) is 10.1. The molecule has 22 heavy (non-hydrogen) atoms. The predicted molar refractivity (Wildman–Crippen MR) is 76.1 cm³/mol. The Kier molecular flexibility index (Phi) is 14.5. The molecule has 0 radical (unpaired) electrons. The minimum absolute atomic E-state index is 0.326. The first kappa shape index (κ1) is 24.1. The molecular formula is C14H30O7Ti. The van der Waals surface area contributed by atoms with Gasteiger partial charge in [0, 0.05) is 0 Å². The van der Waals surface area contributed by atoms with E-state index in [-0.39, 0.29) is 0 Å². The summed E-state index contributed by atoms with van der Waals surface area (Å²) in [4.78, 5) is 21.9. The van der Waals surface area contributed by atoms with Gasteiger partial charge < -0.3 is 4.74 Å². The van der Waals surface area contributed by atoms with Gasteiger partial charge in [-0.05, 0) is 24.7 Å². The number of hydrogen-bond donors (Lipinski definition) is 2. The third-order valence-corrected chi connectivity index (χ3v) is 2.74. The van der Waals surface area contributed by atoms with Crippen LogP contribution in [-0.2, 0) is 41.2 Å². The topological polar surface area (TPSA) is 102 Å². The van der Waals surface area contributed by atoms with Gasteiger partial charge in [-0.15, -0.1) is 0 Å². The number of carbonyl (C=O) groups is 1. The van der Waals surface area contributed by atoms with Crippen molar-refractivity contribution in [2.24, 2.45) is 11.8 Å². The molecule has 0 aromatic heterocycles. The van der Waals surface area contributed by atoms with Crippen LogP contribution in [-0.4, -0.2) is 32.2 Å². The normalized spacial score (nSPS) is 11.2. The molecular weight excluding hydrogens is 328 g/mol. The van der Waals surface area contributed by atoms with Crippen LogP contribution >= 0.6 is 0 Å². The van der Waals surface area contributed by atoms with Gasteiger partial charge in [-0.25, -0.2) is 4.79 Å². The Morgan fingerprint density at radius 1 is 1.05 bits per heavy atom. The summed E-state index contributed by atoms with van der Waals surface area (Å²) in [5.41, 5.74) is -0.874. The fourth-order valence-corrected chi connectivity index (χ4v) is 1.43. The van der Waals surface area contributed by atoms with Crippen LogP contribution in [0.4, 0.5) is 0 Å². The molecule has 0 heterocycles. The van der Waals surface area contributed by atoms with E-state index >= 15 is 0 Å². The van der Waals surface area contributed by atoms with Crippen LogP contribution in [0.2, 0.25) is 0 Å². The second-order valence-electron chi connectivity index (χ2n) is 5.74. The molecule has 0 atom stereocenters. The number of carbonyl (C=O) groups excluding carboxylic acids is 1. The van der Waals surface area contributed by atoms with Crippen molar-refractivity contribution >= 4 is 5.97 Å². The predicted octanol–water partition coefficient (Wildman–Crippen LogP) is 2.11. The zero-order valence-electron chi connectivity index (χ0n) is 14.4. The summed E-state index contributed by atoms with van der Waals surface area (Å²) in [5.74, 6) is 0.285. The SMILES string of the molecule is CCC(CC)(OCC(C)C)C(=O)OOCC(C)C.[O]=[Ti]([OH])[OH]. The Morgan fingerprint density at radius 2 is 1.45 bits per heavy atom. The Bertz CT molecular complexity index is 310. The van der Waals surface area contributed by atoms with E-state index in [0.717, 1.165) is 0 Å². The molecule has 0 spiro atoms. The van der Waals surface area contributed by atoms with E-state index in [9.17, 15) is 4.79 Å². The Hall–Kier alpha value is -0.176. The van der Waals surface area contributed by atoms with E-state index in [0.29, 0.717) is 37.9 Å². The number of hydrogen-bond acceptors (Lipinski definition) is 5. The maximum atomic E-state index is 12.0. The van der Waals surface area contributed by atoms with Crippen molar-refractivity contribution in [2.75, 3.05) is 13.2 Å². The first-order valence-electron chi connectivity index (χ1n) is 7.50. The monoisotopic (exact) mass is 358 g/mol. The van der Waals surface area contributed by atoms with Crippen molar-refractivity contribution in [1.29, 1.82) is 0 Å². The van der Waals surface area contributed by atoms with Crippen molar-refractivity contribution in [1.82, 2.24) is 0 Å². The van der Waals surface area contributed by atoms with Crippen LogP contribution in [0.15, 0.2) is 0 Å². The van der Waals surface area contributed by atoms with Crippen LogP contribution in [0.1, 0.15) is 54.4 Å². The molecule has 0 aliphatic heterocycles. The van der Waals surface area contributed by atoms with Crippen molar-refractivity contribution < 1.29 is 48.6 Å². The van der Waals surface area contributed by atoms with Crippen LogP contribution in [0.5, 0.6) is 0 Å². The molecule has 0 aliphatic carbocycles. The summed E-state index contributed by atoms with van der Waals surface area (Å²) in [5, 5.41) is 0. The fraction of sp³-hybridized carbons (Fsp3) is 0.929. The molecule has 7 nitrogen and oxygen atoms in total. The molecule has 0 saturated heterocycles. The summed E-state index contributed by atoms with van der Waals surface area (Å²) in [7, 11) is 0. The Morgan fingerprint density at radius 3 is 1.77 bits per heavy atom.